The number of rotatable bonds is 18. The van der Waals surface area contributed by atoms with Crippen LogP contribution in [0.3, 0.4) is 0 Å². The van der Waals surface area contributed by atoms with Gasteiger partial charge < -0.3 is 4.74 Å². The Labute approximate surface area is 173 Å². The van der Waals surface area contributed by atoms with Crippen molar-refractivity contribution in [1.29, 1.82) is 0 Å². The monoisotopic (exact) mass is 386 g/mol. The van der Waals surface area contributed by atoms with Gasteiger partial charge in [0.15, 0.2) is 0 Å². The Hall–Kier alpha value is -1.57. The summed E-state index contributed by atoms with van der Waals surface area (Å²) in [6.07, 6.45) is 25.1. The summed E-state index contributed by atoms with van der Waals surface area (Å²) in [6, 6.07) is 9.22. The van der Waals surface area contributed by atoms with Gasteiger partial charge in [-0.05, 0) is 25.0 Å². The van der Waals surface area contributed by atoms with Crippen molar-refractivity contribution in [2.24, 2.45) is 0 Å². The molecule has 1 rings (SSSR count). The molecule has 0 aliphatic carbocycles. The van der Waals surface area contributed by atoms with Crippen LogP contribution in [0.15, 0.2) is 42.5 Å². The molecular formula is C26H42O2. The zero-order chi connectivity index (χ0) is 20.1. The van der Waals surface area contributed by atoms with Crippen molar-refractivity contribution in [3.8, 4) is 5.75 Å². The molecule has 0 aliphatic heterocycles. The van der Waals surface area contributed by atoms with Gasteiger partial charge in [0.1, 0.15) is 5.75 Å². The molecule has 2 nitrogen and oxygen atoms in total. The largest absolute Gasteiger partial charge is 0.423 e. The van der Waals surface area contributed by atoms with Crippen LogP contribution in [-0.4, -0.2) is 5.97 Å². The highest BCUT2D eigenvalue weighted by Crippen LogP contribution is 2.14. The number of benzene rings is 1. The Balaban J connectivity index is 1.80. The fourth-order valence-electron chi connectivity index (χ4n) is 3.45. The average Bonchev–Trinajstić information content (AvgIpc) is 2.71. The standard InChI is InChI=1S/C26H42O2/c1-2-3-4-5-6-7-8-9-10-11-12-13-14-15-16-17-21-24-26(27)28-25-22-19-18-20-23-25/h18-24H,2-17H2,1H3. The molecule has 0 aromatic heterocycles. The lowest BCUT2D eigenvalue weighted by Gasteiger charge is -2.03. The van der Waals surface area contributed by atoms with E-state index in [9.17, 15) is 4.79 Å². The minimum atomic E-state index is -0.285. The third kappa shape index (κ3) is 15.5. The van der Waals surface area contributed by atoms with Crippen LogP contribution in [-0.2, 0) is 4.79 Å². The molecule has 0 fully saturated rings. The van der Waals surface area contributed by atoms with Gasteiger partial charge in [-0.2, -0.15) is 0 Å². The number of ether oxygens (including phenoxy) is 1. The topological polar surface area (TPSA) is 26.3 Å². The minimum Gasteiger partial charge on any atom is -0.423 e. The van der Waals surface area contributed by atoms with Crippen LogP contribution in [0.1, 0.15) is 110 Å². The number of unbranched alkanes of at least 4 members (excludes halogenated alkanes) is 15. The van der Waals surface area contributed by atoms with Gasteiger partial charge in [-0.25, -0.2) is 4.79 Å². The van der Waals surface area contributed by atoms with Crippen LogP contribution in [0.5, 0.6) is 5.75 Å². The van der Waals surface area contributed by atoms with E-state index in [1.54, 1.807) is 18.2 Å². The predicted octanol–water partition coefficient (Wildman–Crippen LogP) is 8.41. The van der Waals surface area contributed by atoms with Gasteiger partial charge in [0, 0.05) is 6.08 Å². The number of allylic oxidation sites excluding steroid dienone is 1. The van der Waals surface area contributed by atoms with Crippen molar-refractivity contribution in [3.05, 3.63) is 42.5 Å². The summed E-state index contributed by atoms with van der Waals surface area (Å²) in [5, 5.41) is 0. The Morgan fingerprint density at radius 2 is 1.18 bits per heavy atom. The first kappa shape index (κ1) is 24.5. The number of carbonyl (C=O) groups excluding carboxylic acids is 1. The smallest absolute Gasteiger partial charge is 0.335 e. The van der Waals surface area contributed by atoms with E-state index in [0.29, 0.717) is 5.75 Å². The van der Waals surface area contributed by atoms with Crippen LogP contribution in [0.4, 0.5) is 0 Å². The lowest BCUT2D eigenvalue weighted by atomic mass is 10.0. The molecule has 0 spiro atoms. The summed E-state index contributed by atoms with van der Waals surface area (Å²) in [5.74, 6) is 0.316. The Morgan fingerprint density at radius 1 is 0.714 bits per heavy atom. The summed E-state index contributed by atoms with van der Waals surface area (Å²) >= 11 is 0. The minimum absolute atomic E-state index is 0.285. The van der Waals surface area contributed by atoms with E-state index >= 15 is 0 Å². The molecular weight excluding hydrogens is 344 g/mol. The van der Waals surface area contributed by atoms with Gasteiger partial charge in [-0.3, -0.25) is 0 Å². The predicted molar refractivity (Wildman–Crippen MR) is 121 cm³/mol. The second-order valence-corrected chi connectivity index (χ2v) is 7.87. The van der Waals surface area contributed by atoms with Gasteiger partial charge in [0.05, 0.1) is 0 Å². The van der Waals surface area contributed by atoms with Gasteiger partial charge in [0.25, 0.3) is 0 Å². The molecule has 0 aliphatic rings. The molecule has 0 radical (unpaired) electrons. The maximum atomic E-state index is 11.7. The number of carbonyl (C=O) groups is 1. The van der Waals surface area contributed by atoms with Crippen molar-refractivity contribution in [3.63, 3.8) is 0 Å². The molecule has 0 saturated carbocycles. The second kappa shape index (κ2) is 18.8. The molecule has 1 aromatic carbocycles. The third-order valence-electron chi connectivity index (χ3n) is 5.19. The molecule has 0 atom stereocenters. The number of hydrogen-bond donors (Lipinski definition) is 0. The quantitative estimate of drug-likeness (QED) is 0.109. The fourth-order valence-corrected chi connectivity index (χ4v) is 3.45. The molecule has 0 saturated heterocycles. The van der Waals surface area contributed by atoms with Gasteiger partial charge in [-0.1, -0.05) is 121 Å². The SMILES string of the molecule is CCCCCCCCCCCCCCCCCC=CC(=O)Oc1ccccc1. The Kier molecular flexibility index (Phi) is 16.4. The Morgan fingerprint density at radius 3 is 1.68 bits per heavy atom. The highest BCUT2D eigenvalue weighted by Gasteiger charge is 1.98. The molecule has 0 heterocycles. The molecule has 0 unspecified atom stereocenters. The van der Waals surface area contributed by atoms with Crippen molar-refractivity contribution < 1.29 is 9.53 Å². The molecule has 0 N–H and O–H groups in total. The van der Waals surface area contributed by atoms with E-state index in [1.807, 2.05) is 24.3 Å². The number of para-hydroxylation sites is 1. The fraction of sp³-hybridized carbons (Fsp3) is 0.654. The lowest BCUT2D eigenvalue weighted by Crippen LogP contribution is -2.03. The molecule has 158 valence electrons. The lowest BCUT2D eigenvalue weighted by molar-refractivity contribution is -0.129. The molecule has 1 aromatic rings. The molecule has 0 amide bonds. The molecule has 0 bridgehead atoms. The van der Waals surface area contributed by atoms with Crippen LogP contribution in [0.25, 0.3) is 0 Å². The normalized spacial score (nSPS) is 11.2. The van der Waals surface area contributed by atoms with E-state index in [-0.39, 0.29) is 5.97 Å². The van der Waals surface area contributed by atoms with Gasteiger partial charge >= 0.3 is 5.97 Å². The van der Waals surface area contributed by atoms with Crippen LogP contribution in [0.2, 0.25) is 0 Å². The van der Waals surface area contributed by atoms with Crippen molar-refractivity contribution in [2.75, 3.05) is 0 Å². The zero-order valence-electron chi connectivity index (χ0n) is 18.2. The first-order chi connectivity index (χ1) is 13.8. The number of hydrogen-bond acceptors (Lipinski definition) is 2. The van der Waals surface area contributed by atoms with Crippen LogP contribution >= 0.6 is 0 Å². The van der Waals surface area contributed by atoms with E-state index in [4.69, 9.17) is 4.74 Å². The van der Waals surface area contributed by atoms with Gasteiger partial charge in [-0.15, -0.1) is 0 Å². The number of esters is 1. The summed E-state index contributed by atoms with van der Waals surface area (Å²) in [7, 11) is 0. The van der Waals surface area contributed by atoms with E-state index in [2.05, 4.69) is 6.92 Å². The highest BCUT2D eigenvalue weighted by atomic mass is 16.5. The average molecular weight is 387 g/mol. The summed E-state index contributed by atoms with van der Waals surface area (Å²) in [6.45, 7) is 2.28. The molecule has 2 heteroatoms. The summed E-state index contributed by atoms with van der Waals surface area (Å²) in [4.78, 5) is 11.7. The maximum absolute atomic E-state index is 11.7. The van der Waals surface area contributed by atoms with E-state index < -0.39 is 0 Å². The molecule has 28 heavy (non-hydrogen) atoms. The van der Waals surface area contributed by atoms with Crippen LogP contribution in [0, 0.1) is 0 Å². The van der Waals surface area contributed by atoms with E-state index in [1.165, 1.54) is 89.9 Å². The third-order valence-corrected chi connectivity index (χ3v) is 5.19. The Bertz CT molecular complexity index is 492. The van der Waals surface area contributed by atoms with Gasteiger partial charge in [0.2, 0.25) is 0 Å². The van der Waals surface area contributed by atoms with Crippen LogP contribution < -0.4 is 4.74 Å². The van der Waals surface area contributed by atoms with Crippen molar-refractivity contribution >= 4 is 5.97 Å². The summed E-state index contributed by atoms with van der Waals surface area (Å²) in [5.41, 5.74) is 0. The highest BCUT2D eigenvalue weighted by molar-refractivity contribution is 5.83. The first-order valence-electron chi connectivity index (χ1n) is 11.8. The second-order valence-electron chi connectivity index (χ2n) is 7.87. The van der Waals surface area contributed by atoms with Crippen molar-refractivity contribution in [1.82, 2.24) is 0 Å². The maximum Gasteiger partial charge on any atom is 0.335 e. The summed E-state index contributed by atoms with van der Waals surface area (Å²) < 4.78 is 5.22. The first-order valence-corrected chi connectivity index (χ1v) is 11.8. The zero-order valence-corrected chi connectivity index (χ0v) is 18.2. The van der Waals surface area contributed by atoms with Crippen molar-refractivity contribution in [2.45, 2.75) is 110 Å². The van der Waals surface area contributed by atoms with E-state index in [0.717, 1.165) is 12.8 Å².